The summed E-state index contributed by atoms with van der Waals surface area (Å²) in [6.07, 6.45) is 0. The van der Waals surface area contributed by atoms with Crippen LogP contribution in [0.2, 0.25) is 5.02 Å². The molecule has 17 heavy (non-hydrogen) atoms. The first-order chi connectivity index (χ1) is 8.15. The van der Waals surface area contributed by atoms with E-state index in [1.54, 1.807) is 18.2 Å². The third-order valence-corrected chi connectivity index (χ3v) is 3.08. The minimum atomic E-state index is -1.08. The number of nitrogens with zero attached hydrogens (tertiary/aromatic N) is 2. The predicted octanol–water partition coefficient (Wildman–Crippen LogP) is 2.98. The average molecular weight is 267 g/mol. The van der Waals surface area contributed by atoms with E-state index < -0.39 is 5.97 Å². The molecule has 2 rings (SSSR count). The van der Waals surface area contributed by atoms with Crippen LogP contribution in [0.25, 0.3) is 0 Å². The number of aromatic nitrogens is 2. The van der Waals surface area contributed by atoms with Crippen molar-refractivity contribution in [3.8, 4) is 0 Å². The molecule has 0 aliphatic heterocycles. The van der Waals surface area contributed by atoms with E-state index in [-0.39, 0.29) is 5.69 Å². The number of rotatable bonds is 3. The molecule has 1 N–H and O–H groups in total. The van der Waals surface area contributed by atoms with Crippen molar-refractivity contribution in [2.24, 2.45) is 0 Å². The van der Waals surface area contributed by atoms with Crippen LogP contribution in [0.3, 0.4) is 0 Å². The van der Waals surface area contributed by atoms with Crippen molar-refractivity contribution in [3.05, 3.63) is 47.1 Å². The first kappa shape index (κ1) is 11.9. The quantitative estimate of drug-likeness (QED) is 0.925. The van der Waals surface area contributed by atoms with Gasteiger partial charge in [0, 0.05) is 9.92 Å². The monoisotopic (exact) mass is 266 g/mol. The second-order valence-corrected chi connectivity index (χ2v) is 4.65. The van der Waals surface area contributed by atoms with E-state index in [1.807, 2.05) is 12.1 Å². The number of benzene rings is 1. The molecule has 4 nitrogen and oxygen atoms in total. The minimum absolute atomic E-state index is 0.0644. The lowest BCUT2D eigenvalue weighted by Gasteiger charge is -2.00. The van der Waals surface area contributed by atoms with Crippen LogP contribution in [0, 0.1) is 0 Å². The predicted molar refractivity (Wildman–Crippen MR) is 64.6 cm³/mol. The highest BCUT2D eigenvalue weighted by Crippen LogP contribution is 2.26. The summed E-state index contributed by atoms with van der Waals surface area (Å²) in [5, 5.41) is 17.4. The number of carbonyl (C=O) groups is 1. The molecule has 0 saturated carbocycles. The molecule has 1 aromatic heterocycles. The Balaban J connectivity index is 2.13. The normalized spacial score (nSPS) is 10.2. The molecule has 1 heterocycles. The Morgan fingerprint density at radius 1 is 1.12 bits per heavy atom. The van der Waals surface area contributed by atoms with E-state index in [2.05, 4.69) is 10.2 Å². The van der Waals surface area contributed by atoms with E-state index in [0.29, 0.717) is 10.0 Å². The molecule has 0 aliphatic carbocycles. The molecule has 0 unspecified atom stereocenters. The highest BCUT2D eigenvalue weighted by atomic mass is 35.5. The summed E-state index contributed by atoms with van der Waals surface area (Å²) in [6, 6.07) is 10.3. The summed E-state index contributed by atoms with van der Waals surface area (Å²) in [5.74, 6) is -1.08. The summed E-state index contributed by atoms with van der Waals surface area (Å²) in [6.45, 7) is 0. The van der Waals surface area contributed by atoms with Gasteiger partial charge in [-0.05, 0) is 36.4 Å². The van der Waals surface area contributed by atoms with E-state index in [0.717, 1.165) is 4.90 Å². The highest BCUT2D eigenvalue weighted by Gasteiger charge is 2.05. The maximum absolute atomic E-state index is 10.6. The Hall–Kier alpha value is -1.59. The lowest BCUT2D eigenvalue weighted by atomic mass is 10.4. The minimum Gasteiger partial charge on any atom is -0.476 e. The number of hydrogen-bond donors (Lipinski definition) is 1. The third kappa shape index (κ3) is 3.18. The van der Waals surface area contributed by atoms with E-state index in [1.165, 1.54) is 17.8 Å². The molecule has 0 spiro atoms. The fourth-order valence-electron chi connectivity index (χ4n) is 1.11. The Morgan fingerprint density at radius 3 is 2.35 bits per heavy atom. The number of aromatic carboxylic acids is 1. The zero-order valence-electron chi connectivity index (χ0n) is 8.50. The van der Waals surface area contributed by atoms with Crippen LogP contribution in [-0.4, -0.2) is 21.3 Å². The second kappa shape index (κ2) is 5.16. The molecule has 86 valence electrons. The van der Waals surface area contributed by atoms with Crippen LogP contribution >= 0.6 is 23.4 Å². The van der Waals surface area contributed by atoms with Crippen LogP contribution < -0.4 is 0 Å². The summed E-state index contributed by atoms with van der Waals surface area (Å²) >= 11 is 7.16. The number of carboxylic acids is 1. The van der Waals surface area contributed by atoms with Gasteiger partial charge in [0.2, 0.25) is 0 Å². The Kier molecular flexibility index (Phi) is 3.61. The van der Waals surface area contributed by atoms with Gasteiger partial charge in [0.15, 0.2) is 5.69 Å². The number of carboxylic acid groups (broad SMARTS) is 1. The molecule has 0 fully saturated rings. The van der Waals surface area contributed by atoms with Crippen molar-refractivity contribution < 1.29 is 9.90 Å². The van der Waals surface area contributed by atoms with Gasteiger partial charge in [-0.25, -0.2) is 4.79 Å². The zero-order chi connectivity index (χ0) is 12.3. The molecule has 0 radical (unpaired) electrons. The standard InChI is InChI=1S/C11H7ClN2O2S/c12-7-1-3-8(4-2-7)17-10-6-5-9(11(15)16)13-14-10/h1-6H,(H,15,16). The van der Waals surface area contributed by atoms with Gasteiger partial charge in [0.1, 0.15) is 5.03 Å². The first-order valence-corrected chi connectivity index (χ1v) is 5.85. The molecule has 0 amide bonds. The van der Waals surface area contributed by atoms with Gasteiger partial charge in [-0.15, -0.1) is 10.2 Å². The van der Waals surface area contributed by atoms with E-state index >= 15 is 0 Å². The molecule has 2 aromatic rings. The Bertz CT molecular complexity index is 528. The van der Waals surface area contributed by atoms with Crippen molar-refractivity contribution in [2.45, 2.75) is 9.92 Å². The van der Waals surface area contributed by atoms with Crippen molar-refractivity contribution in [1.82, 2.24) is 10.2 Å². The number of hydrogen-bond acceptors (Lipinski definition) is 4. The van der Waals surface area contributed by atoms with Crippen LogP contribution in [0.4, 0.5) is 0 Å². The largest absolute Gasteiger partial charge is 0.476 e. The lowest BCUT2D eigenvalue weighted by Crippen LogP contribution is -2.01. The SMILES string of the molecule is O=C(O)c1ccc(Sc2ccc(Cl)cc2)nn1. The van der Waals surface area contributed by atoms with Crippen LogP contribution in [0.5, 0.6) is 0 Å². The maximum atomic E-state index is 10.6. The van der Waals surface area contributed by atoms with Crippen molar-refractivity contribution in [1.29, 1.82) is 0 Å². The molecule has 6 heteroatoms. The molecule has 1 aromatic carbocycles. The van der Waals surface area contributed by atoms with Gasteiger partial charge in [0.05, 0.1) is 0 Å². The first-order valence-electron chi connectivity index (χ1n) is 4.65. The molecular weight excluding hydrogens is 260 g/mol. The van der Waals surface area contributed by atoms with E-state index in [9.17, 15) is 4.79 Å². The highest BCUT2D eigenvalue weighted by molar-refractivity contribution is 7.99. The smallest absolute Gasteiger partial charge is 0.356 e. The maximum Gasteiger partial charge on any atom is 0.356 e. The van der Waals surface area contributed by atoms with Gasteiger partial charge < -0.3 is 5.11 Å². The molecule has 0 atom stereocenters. The zero-order valence-corrected chi connectivity index (χ0v) is 10.1. The summed E-state index contributed by atoms with van der Waals surface area (Å²) in [5.41, 5.74) is -0.0644. The van der Waals surface area contributed by atoms with Gasteiger partial charge in [0.25, 0.3) is 0 Å². The van der Waals surface area contributed by atoms with Crippen molar-refractivity contribution in [3.63, 3.8) is 0 Å². The second-order valence-electron chi connectivity index (χ2n) is 3.12. The van der Waals surface area contributed by atoms with Crippen LogP contribution in [0.1, 0.15) is 10.5 Å². The van der Waals surface area contributed by atoms with Crippen LogP contribution in [-0.2, 0) is 0 Å². The summed E-state index contributed by atoms with van der Waals surface area (Å²) in [4.78, 5) is 11.5. The summed E-state index contributed by atoms with van der Waals surface area (Å²) < 4.78 is 0. The van der Waals surface area contributed by atoms with Gasteiger partial charge in [-0.3, -0.25) is 0 Å². The van der Waals surface area contributed by atoms with Gasteiger partial charge >= 0.3 is 5.97 Å². The molecular formula is C11H7ClN2O2S. The summed E-state index contributed by atoms with van der Waals surface area (Å²) in [7, 11) is 0. The third-order valence-electron chi connectivity index (χ3n) is 1.90. The van der Waals surface area contributed by atoms with E-state index in [4.69, 9.17) is 16.7 Å². The number of halogens is 1. The fraction of sp³-hybridized carbons (Fsp3) is 0. The van der Waals surface area contributed by atoms with Gasteiger partial charge in [-0.2, -0.15) is 0 Å². The van der Waals surface area contributed by atoms with Crippen LogP contribution in [0.15, 0.2) is 46.3 Å². The van der Waals surface area contributed by atoms with Crippen molar-refractivity contribution in [2.75, 3.05) is 0 Å². The molecule has 0 saturated heterocycles. The van der Waals surface area contributed by atoms with Gasteiger partial charge in [-0.1, -0.05) is 23.4 Å². The van der Waals surface area contributed by atoms with Crippen molar-refractivity contribution >= 4 is 29.3 Å². The topological polar surface area (TPSA) is 63.1 Å². The Labute approximate surface area is 107 Å². The fourth-order valence-corrected chi connectivity index (χ4v) is 1.97. The average Bonchev–Trinajstić information content (AvgIpc) is 2.33. The Morgan fingerprint density at radius 2 is 1.82 bits per heavy atom. The molecule has 0 bridgehead atoms. The molecule has 0 aliphatic rings. The lowest BCUT2D eigenvalue weighted by molar-refractivity contribution is 0.0689.